The van der Waals surface area contributed by atoms with Gasteiger partial charge in [-0.15, -0.1) is 0 Å². The van der Waals surface area contributed by atoms with Crippen molar-refractivity contribution in [3.63, 3.8) is 0 Å². The summed E-state index contributed by atoms with van der Waals surface area (Å²) in [6.07, 6.45) is 0. The summed E-state index contributed by atoms with van der Waals surface area (Å²) in [5, 5.41) is 0. The maximum Gasteiger partial charge on any atom is 0.269 e. The molecule has 0 atom stereocenters. The summed E-state index contributed by atoms with van der Waals surface area (Å²) in [4.78, 5) is 4.49. The van der Waals surface area contributed by atoms with E-state index in [2.05, 4.69) is 20.9 Å². The zero-order valence-electron chi connectivity index (χ0n) is 12.7. The lowest BCUT2D eigenvalue weighted by molar-refractivity contribution is 0.337. The minimum absolute atomic E-state index is 0.162. The molecule has 0 aliphatic rings. The number of aryl methyl sites for hydroxylation is 1. The standard InChI is InChI=1S/C16H15BrN2O3S/c1-3-22-16-10-12(8-9-13(16)17)23(20,21)19-11(2)18-14-6-4-5-7-15(14)19/h4-10H,3H2,1-2H3. The van der Waals surface area contributed by atoms with Gasteiger partial charge >= 0.3 is 0 Å². The lowest BCUT2D eigenvalue weighted by Crippen LogP contribution is -2.14. The number of benzene rings is 2. The Morgan fingerprint density at radius 2 is 1.96 bits per heavy atom. The average molecular weight is 395 g/mol. The van der Waals surface area contributed by atoms with E-state index in [1.807, 2.05) is 13.0 Å². The molecule has 0 N–H and O–H groups in total. The van der Waals surface area contributed by atoms with Gasteiger partial charge < -0.3 is 4.74 Å². The molecule has 0 aliphatic carbocycles. The summed E-state index contributed by atoms with van der Waals surface area (Å²) in [5.74, 6) is 0.919. The maximum atomic E-state index is 13.0. The Bertz CT molecular complexity index is 980. The molecule has 1 aromatic heterocycles. The van der Waals surface area contributed by atoms with Crippen LogP contribution in [0.4, 0.5) is 0 Å². The van der Waals surface area contributed by atoms with Gasteiger partial charge in [0.25, 0.3) is 10.0 Å². The van der Waals surface area contributed by atoms with Gasteiger partial charge in [-0.1, -0.05) is 12.1 Å². The molecule has 0 bridgehead atoms. The van der Waals surface area contributed by atoms with Crippen LogP contribution in [-0.4, -0.2) is 24.0 Å². The van der Waals surface area contributed by atoms with E-state index in [-0.39, 0.29) is 4.90 Å². The van der Waals surface area contributed by atoms with E-state index in [1.165, 1.54) is 10.0 Å². The lowest BCUT2D eigenvalue weighted by atomic mass is 10.3. The number of fused-ring (bicyclic) bond motifs is 1. The van der Waals surface area contributed by atoms with Crippen molar-refractivity contribution in [1.29, 1.82) is 0 Å². The fraction of sp³-hybridized carbons (Fsp3) is 0.188. The summed E-state index contributed by atoms with van der Waals surface area (Å²) < 4.78 is 33.5. The number of rotatable bonds is 4. The van der Waals surface area contributed by atoms with Gasteiger partial charge in [-0.3, -0.25) is 0 Å². The second kappa shape index (κ2) is 5.98. The highest BCUT2D eigenvalue weighted by atomic mass is 79.9. The van der Waals surface area contributed by atoms with Crippen LogP contribution >= 0.6 is 15.9 Å². The van der Waals surface area contributed by atoms with Gasteiger partial charge in [0.1, 0.15) is 11.6 Å². The summed E-state index contributed by atoms with van der Waals surface area (Å²) in [6.45, 7) is 3.98. The van der Waals surface area contributed by atoms with Gasteiger partial charge in [-0.05, 0) is 54.0 Å². The van der Waals surface area contributed by atoms with Crippen LogP contribution in [0.1, 0.15) is 12.7 Å². The third kappa shape index (κ3) is 2.74. The van der Waals surface area contributed by atoms with Gasteiger partial charge in [-0.2, -0.15) is 0 Å². The Kier molecular flexibility index (Phi) is 4.16. The van der Waals surface area contributed by atoms with Crippen molar-refractivity contribution in [2.45, 2.75) is 18.7 Å². The number of hydrogen-bond acceptors (Lipinski definition) is 4. The van der Waals surface area contributed by atoms with E-state index in [0.29, 0.717) is 33.7 Å². The lowest BCUT2D eigenvalue weighted by Gasteiger charge is -2.11. The van der Waals surface area contributed by atoms with Crippen molar-refractivity contribution < 1.29 is 13.2 Å². The van der Waals surface area contributed by atoms with Crippen LogP contribution in [-0.2, 0) is 10.0 Å². The third-order valence-electron chi connectivity index (χ3n) is 3.42. The molecule has 0 spiro atoms. The predicted octanol–water partition coefficient (Wildman–Crippen LogP) is 3.74. The van der Waals surface area contributed by atoms with Crippen molar-refractivity contribution in [2.75, 3.05) is 6.61 Å². The van der Waals surface area contributed by atoms with Crippen LogP contribution in [0, 0.1) is 6.92 Å². The number of hydrogen-bond donors (Lipinski definition) is 0. The molecule has 1 heterocycles. The zero-order valence-corrected chi connectivity index (χ0v) is 15.1. The van der Waals surface area contributed by atoms with E-state index < -0.39 is 10.0 Å². The Labute approximate surface area is 143 Å². The molecule has 3 rings (SSSR count). The Morgan fingerprint density at radius 3 is 2.70 bits per heavy atom. The van der Waals surface area contributed by atoms with Gasteiger partial charge in [0.15, 0.2) is 0 Å². The molecule has 3 aromatic rings. The first kappa shape index (κ1) is 16.0. The second-order valence-electron chi connectivity index (χ2n) is 4.94. The van der Waals surface area contributed by atoms with Crippen LogP contribution in [0.2, 0.25) is 0 Å². The number of nitrogens with zero attached hydrogens (tertiary/aromatic N) is 2. The number of para-hydroxylation sites is 2. The van der Waals surface area contributed by atoms with Crippen molar-refractivity contribution in [2.24, 2.45) is 0 Å². The summed E-state index contributed by atoms with van der Waals surface area (Å²) in [6, 6.07) is 11.9. The third-order valence-corrected chi connectivity index (χ3v) is 5.86. The first-order valence-electron chi connectivity index (χ1n) is 7.07. The van der Waals surface area contributed by atoms with E-state index in [0.717, 1.165) is 0 Å². The van der Waals surface area contributed by atoms with Gasteiger partial charge in [0.05, 0.1) is 27.0 Å². The molecule has 7 heteroatoms. The van der Waals surface area contributed by atoms with Crippen LogP contribution in [0.3, 0.4) is 0 Å². The number of halogens is 1. The number of ether oxygens (including phenoxy) is 1. The molecule has 0 radical (unpaired) electrons. The van der Waals surface area contributed by atoms with Gasteiger partial charge in [0, 0.05) is 6.07 Å². The monoisotopic (exact) mass is 394 g/mol. The minimum atomic E-state index is -3.76. The molecule has 5 nitrogen and oxygen atoms in total. The normalized spacial score (nSPS) is 11.8. The van der Waals surface area contributed by atoms with Crippen LogP contribution in [0.25, 0.3) is 11.0 Å². The smallest absolute Gasteiger partial charge is 0.269 e. The molecule has 2 aromatic carbocycles. The first-order valence-corrected chi connectivity index (χ1v) is 9.30. The van der Waals surface area contributed by atoms with E-state index >= 15 is 0 Å². The summed E-state index contributed by atoms with van der Waals surface area (Å²) >= 11 is 3.36. The van der Waals surface area contributed by atoms with Crippen LogP contribution in [0.5, 0.6) is 5.75 Å². The minimum Gasteiger partial charge on any atom is -0.493 e. The van der Waals surface area contributed by atoms with Crippen LogP contribution < -0.4 is 4.74 Å². The predicted molar refractivity (Wildman–Crippen MR) is 92.4 cm³/mol. The SMILES string of the molecule is CCOc1cc(S(=O)(=O)n2c(C)nc3ccccc32)ccc1Br. The molecule has 0 aliphatic heterocycles. The molecule has 120 valence electrons. The van der Waals surface area contributed by atoms with Crippen molar-refractivity contribution in [3.05, 3.63) is 52.8 Å². The molecular weight excluding hydrogens is 380 g/mol. The zero-order chi connectivity index (χ0) is 16.6. The fourth-order valence-corrected chi connectivity index (χ4v) is 4.31. The molecule has 0 saturated heterocycles. The maximum absolute atomic E-state index is 13.0. The fourth-order valence-electron chi connectivity index (χ4n) is 2.44. The molecular formula is C16H15BrN2O3S. The second-order valence-corrected chi connectivity index (χ2v) is 7.58. The quantitative estimate of drug-likeness (QED) is 0.675. The van der Waals surface area contributed by atoms with E-state index in [1.54, 1.807) is 37.3 Å². The Balaban J connectivity index is 2.22. The molecule has 0 fully saturated rings. The molecule has 23 heavy (non-hydrogen) atoms. The first-order chi connectivity index (χ1) is 10.9. The molecule has 0 saturated carbocycles. The highest BCUT2D eigenvalue weighted by Crippen LogP contribution is 2.30. The van der Waals surface area contributed by atoms with E-state index in [4.69, 9.17) is 4.74 Å². The van der Waals surface area contributed by atoms with Crippen molar-refractivity contribution in [3.8, 4) is 5.75 Å². The average Bonchev–Trinajstić information content (AvgIpc) is 2.85. The molecule has 0 unspecified atom stereocenters. The van der Waals surface area contributed by atoms with Crippen LogP contribution in [0.15, 0.2) is 51.8 Å². The molecule has 0 amide bonds. The highest BCUT2D eigenvalue weighted by molar-refractivity contribution is 9.10. The van der Waals surface area contributed by atoms with Crippen molar-refractivity contribution >= 4 is 37.0 Å². The highest BCUT2D eigenvalue weighted by Gasteiger charge is 2.23. The largest absolute Gasteiger partial charge is 0.493 e. The van der Waals surface area contributed by atoms with Gasteiger partial charge in [0.2, 0.25) is 0 Å². The van der Waals surface area contributed by atoms with Crippen molar-refractivity contribution in [1.82, 2.24) is 8.96 Å². The van der Waals surface area contributed by atoms with E-state index in [9.17, 15) is 8.42 Å². The summed E-state index contributed by atoms with van der Waals surface area (Å²) in [5.41, 5.74) is 1.21. The Morgan fingerprint density at radius 1 is 1.22 bits per heavy atom. The number of imidazole rings is 1. The Hall–Kier alpha value is -1.86. The summed E-state index contributed by atoms with van der Waals surface area (Å²) in [7, 11) is -3.76. The number of aromatic nitrogens is 2. The van der Waals surface area contributed by atoms with Gasteiger partial charge in [-0.25, -0.2) is 17.4 Å². The topological polar surface area (TPSA) is 61.2 Å².